The van der Waals surface area contributed by atoms with Gasteiger partial charge in [0.2, 0.25) is 0 Å². The Kier molecular flexibility index (Phi) is 5.26. The molecule has 0 saturated heterocycles. The number of fused-ring (bicyclic) bond motifs is 2. The number of carbonyl (C=O) groups excluding carboxylic acids is 1. The number of H-pyrrole nitrogens is 1. The molecule has 7 heteroatoms. The summed E-state index contributed by atoms with van der Waals surface area (Å²) in [5.74, 6) is 0.219. The van der Waals surface area contributed by atoms with Gasteiger partial charge < -0.3 is 19.5 Å². The van der Waals surface area contributed by atoms with E-state index >= 15 is 0 Å². The van der Waals surface area contributed by atoms with Crippen molar-refractivity contribution in [3.8, 4) is 5.75 Å². The SMILES string of the molecule is COc1ccc2c(C(=O)NCCc3c(C)[nH]c4c(C)cc(Cl)cc34)cc(=O)oc2c1. The number of halogens is 1. The molecular weight excluding hydrogens is 404 g/mol. The lowest BCUT2D eigenvalue weighted by molar-refractivity contribution is 0.0955. The number of hydrogen-bond acceptors (Lipinski definition) is 4. The lowest BCUT2D eigenvalue weighted by atomic mass is 10.1. The Balaban J connectivity index is 1.57. The predicted octanol–water partition coefficient (Wildman–Crippen LogP) is 4.53. The third-order valence-electron chi connectivity index (χ3n) is 5.25. The highest BCUT2D eigenvalue weighted by Crippen LogP contribution is 2.28. The van der Waals surface area contributed by atoms with Crippen molar-refractivity contribution in [3.05, 3.63) is 74.2 Å². The van der Waals surface area contributed by atoms with Crippen LogP contribution in [0.1, 0.15) is 27.2 Å². The Morgan fingerprint density at radius 2 is 1.97 bits per heavy atom. The summed E-state index contributed by atoms with van der Waals surface area (Å²) in [5.41, 5.74) is 4.29. The summed E-state index contributed by atoms with van der Waals surface area (Å²) >= 11 is 6.23. The van der Waals surface area contributed by atoms with Gasteiger partial charge >= 0.3 is 5.63 Å². The molecule has 2 aromatic heterocycles. The molecule has 0 spiro atoms. The van der Waals surface area contributed by atoms with E-state index in [4.69, 9.17) is 20.8 Å². The lowest BCUT2D eigenvalue weighted by Crippen LogP contribution is -2.27. The van der Waals surface area contributed by atoms with Gasteiger partial charge in [0.1, 0.15) is 11.3 Å². The van der Waals surface area contributed by atoms with Crippen LogP contribution in [0.4, 0.5) is 0 Å². The third-order valence-corrected chi connectivity index (χ3v) is 5.47. The zero-order valence-electron chi connectivity index (χ0n) is 16.9. The van der Waals surface area contributed by atoms with Gasteiger partial charge in [-0.2, -0.15) is 0 Å². The minimum Gasteiger partial charge on any atom is -0.497 e. The molecule has 2 aromatic carbocycles. The fraction of sp³-hybridized carbons (Fsp3) is 0.217. The average molecular weight is 425 g/mol. The first-order valence-corrected chi connectivity index (χ1v) is 9.92. The number of ether oxygens (including phenoxy) is 1. The van der Waals surface area contributed by atoms with Crippen molar-refractivity contribution in [1.29, 1.82) is 0 Å². The summed E-state index contributed by atoms with van der Waals surface area (Å²) in [5, 5.41) is 5.21. The van der Waals surface area contributed by atoms with Crippen molar-refractivity contribution in [1.82, 2.24) is 10.3 Å². The Bertz CT molecular complexity index is 1340. The first-order valence-electron chi connectivity index (χ1n) is 9.55. The molecule has 0 fully saturated rings. The first kappa shape index (κ1) is 20.0. The van der Waals surface area contributed by atoms with Crippen molar-refractivity contribution in [2.45, 2.75) is 20.3 Å². The molecule has 0 radical (unpaired) electrons. The van der Waals surface area contributed by atoms with E-state index in [0.29, 0.717) is 34.7 Å². The standard InChI is InChI=1S/C23H21ClN2O4/c1-12-8-14(24)9-18-16(13(2)26-22(12)18)6-7-25-23(28)19-11-21(27)30-20-10-15(29-3)4-5-17(19)20/h4-5,8-11,26H,6-7H2,1-3H3,(H,25,28). The van der Waals surface area contributed by atoms with Crippen molar-refractivity contribution < 1.29 is 13.9 Å². The molecule has 0 aliphatic rings. The van der Waals surface area contributed by atoms with Crippen LogP contribution >= 0.6 is 11.6 Å². The number of methoxy groups -OCH3 is 1. The van der Waals surface area contributed by atoms with Gasteiger partial charge in [0.05, 0.1) is 12.7 Å². The molecule has 30 heavy (non-hydrogen) atoms. The van der Waals surface area contributed by atoms with Gasteiger partial charge in [-0.1, -0.05) is 11.6 Å². The molecule has 1 amide bonds. The van der Waals surface area contributed by atoms with E-state index in [1.165, 1.54) is 13.2 Å². The molecule has 2 N–H and O–H groups in total. The average Bonchev–Trinajstić information content (AvgIpc) is 3.02. The van der Waals surface area contributed by atoms with E-state index in [0.717, 1.165) is 27.7 Å². The number of hydrogen-bond donors (Lipinski definition) is 2. The molecule has 154 valence electrons. The molecule has 0 bridgehead atoms. The largest absolute Gasteiger partial charge is 0.497 e. The lowest BCUT2D eigenvalue weighted by Gasteiger charge is -2.09. The Morgan fingerprint density at radius 1 is 1.17 bits per heavy atom. The second-order valence-electron chi connectivity index (χ2n) is 7.22. The zero-order valence-corrected chi connectivity index (χ0v) is 17.6. The van der Waals surface area contributed by atoms with Gasteiger partial charge in [-0.15, -0.1) is 0 Å². The van der Waals surface area contributed by atoms with E-state index in [-0.39, 0.29) is 11.5 Å². The maximum atomic E-state index is 12.8. The van der Waals surface area contributed by atoms with Gasteiger partial charge in [0, 0.05) is 45.7 Å². The van der Waals surface area contributed by atoms with Gasteiger partial charge in [-0.05, 0) is 55.7 Å². The van der Waals surface area contributed by atoms with Gasteiger partial charge in [-0.25, -0.2) is 4.79 Å². The molecule has 0 atom stereocenters. The summed E-state index contributed by atoms with van der Waals surface area (Å²) in [6.07, 6.45) is 0.630. The van der Waals surface area contributed by atoms with Crippen LogP contribution < -0.4 is 15.7 Å². The van der Waals surface area contributed by atoms with Gasteiger partial charge in [0.15, 0.2) is 0 Å². The number of rotatable bonds is 5. The van der Waals surface area contributed by atoms with Crippen LogP contribution in [0.25, 0.3) is 21.9 Å². The van der Waals surface area contributed by atoms with E-state index in [1.807, 2.05) is 26.0 Å². The van der Waals surface area contributed by atoms with Crippen LogP contribution in [-0.2, 0) is 6.42 Å². The highest BCUT2D eigenvalue weighted by molar-refractivity contribution is 6.31. The molecule has 4 aromatic rings. The Hall–Kier alpha value is -3.25. The Labute approximate surface area is 177 Å². The van der Waals surface area contributed by atoms with E-state index in [1.54, 1.807) is 18.2 Å². The molecule has 6 nitrogen and oxygen atoms in total. The minimum absolute atomic E-state index is 0.276. The number of benzene rings is 2. The van der Waals surface area contributed by atoms with E-state index < -0.39 is 5.63 Å². The number of amides is 1. The number of aromatic nitrogens is 1. The summed E-state index contributed by atoms with van der Waals surface area (Å²) in [6, 6.07) is 10.1. The summed E-state index contributed by atoms with van der Waals surface area (Å²) in [7, 11) is 1.53. The molecule has 4 rings (SSSR count). The number of nitrogens with one attached hydrogen (secondary N) is 2. The highest BCUT2D eigenvalue weighted by atomic mass is 35.5. The number of carbonyl (C=O) groups is 1. The molecule has 0 aliphatic carbocycles. The van der Waals surface area contributed by atoms with Crippen LogP contribution in [0, 0.1) is 13.8 Å². The monoisotopic (exact) mass is 424 g/mol. The second kappa shape index (κ2) is 7.88. The van der Waals surface area contributed by atoms with Crippen LogP contribution in [0.2, 0.25) is 5.02 Å². The number of aromatic amines is 1. The van der Waals surface area contributed by atoms with Crippen molar-refractivity contribution in [2.24, 2.45) is 0 Å². The maximum Gasteiger partial charge on any atom is 0.337 e. The van der Waals surface area contributed by atoms with E-state index in [2.05, 4.69) is 10.3 Å². The van der Waals surface area contributed by atoms with Crippen LogP contribution in [0.5, 0.6) is 5.75 Å². The number of aryl methyl sites for hydroxylation is 2. The van der Waals surface area contributed by atoms with Crippen molar-refractivity contribution >= 4 is 39.4 Å². The highest BCUT2D eigenvalue weighted by Gasteiger charge is 2.15. The summed E-state index contributed by atoms with van der Waals surface area (Å²) < 4.78 is 10.4. The zero-order chi connectivity index (χ0) is 21.4. The van der Waals surface area contributed by atoms with Crippen LogP contribution in [0.3, 0.4) is 0 Å². The smallest absolute Gasteiger partial charge is 0.337 e. The molecule has 2 heterocycles. The van der Waals surface area contributed by atoms with Crippen LogP contribution in [0.15, 0.2) is 45.6 Å². The normalized spacial score (nSPS) is 11.2. The second-order valence-corrected chi connectivity index (χ2v) is 7.66. The molecule has 0 saturated carbocycles. The molecule has 0 unspecified atom stereocenters. The topological polar surface area (TPSA) is 84.3 Å². The van der Waals surface area contributed by atoms with Gasteiger partial charge in [-0.3, -0.25) is 4.79 Å². The quantitative estimate of drug-likeness (QED) is 0.461. The Morgan fingerprint density at radius 3 is 2.73 bits per heavy atom. The van der Waals surface area contributed by atoms with Crippen molar-refractivity contribution in [2.75, 3.05) is 13.7 Å². The third kappa shape index (κ3) is 3.66. The summed E-state index contributed by atoms with van der Waals surface area (Å²) in [6.45, 7) is 4.43. The van der Waals surface area contributed by atoms with Crippen molar-refractivity contribution in [3.63, 3.8) is 0 Å². The van der Waals surface area contributed by atoms with Crippen LogP contribution in [-0.4, -0.2) is 24.5 Å². The minimum atomic E-state index is -0.585. The fourth-order valence-electron chi connectivity index (χ4n) is 3.79. The summed E-state index contributed by atoms with van der Waals surface area (Å²) in [4.78, 5) is 28.1. The predicted molar refractivity (Wildman–Crippen MR) is 118 cm³/mol. The molecule has 0 aliphatic heterocycles. The fourth-order valence-corrected chi connectivity index (χ4v) is 4.06. The maximum absolute atomic E-state index is 12.8. The molecular formula is C23H21ClN2O4. The first-order chi connectivity index (χ1) is 14.4. The van der Waals surface area contributed by atoms with Gasteiger partial charge in [0.25, 0.3) is 5.91 Å². The van der Waals surface area contributed by atoms with E-state index in [9.17, 15) is 9.59 Å².